The number of rotatable bonds is 3. The van der Waals surface area contributed by atoms with Gasteiger partial charge in [0.1, 0.15) is 11.6 Å². The Kier molecular flexibility index (Phi) is 3.98. The van der Waals surface area contributed by atoms with Crippen LogP contribution in [-0.2, 0) is 0 Å². The zero-order valence-electron chi connectivity index (χ0n) is 12.9. The van der Waals surface area contributed by atoms with Crippen LogP contribution in [0.4, 0.5) is 10.1 Å². The van der Waals surface area contributed by atoms with E-state index in [1.165, 1.54) is 17.7 Å². The highest BCUT2D eigenvalue weighted by Crippen LogP contribution is 2.23. The molecule has 0 aliphatic carbocycles. The normalized spacial score (nSPS) is 10.6. The van der Waals surface area contributed by atoms with Gasteiger partial charge in [-0.15, -0.1) is 0 Å². The number of nitrogens with one attached hydrogen (secondary N) is 1. The Morgan fingerprint density at radius 3 is 2.39 bits per heavy atom. The summed E-state index contributed by atoms with van der Waals surface area (Å²) in [6, 6.07) is 15.0. The number of furan rings is 1. The highest BCUT2D eigenvalue weighted by atomic mass is 19.1. The molecule has 3 aromatic rings. The third kappa shape index (κ3) is 3.31. The fraction of sp³-hybridized carbons (Fsp3) is 0.105. The zero-order valence-corrected chi connectivity index (χ0v) is 12.9. The van der Waals surface area contributed by atoms with Gasteiger partial charge in [0.05, 0.1) is 0 Å². The quantitative estimate of drug-likeness (QED) is 0.743. The maximum Gasteiger partial charge on any atom is 0.291 e. The summed E-state index contributed by atoms with van der Waals surface area (Å²) in [7, 11) is 0. The first-order valence-corrected chi connectivity index (χ1v) is 7.27. The minimum atomic E-state index is -0.318. The Balaban J connectivity index is 1.78. The van der Waals surface area contributed by atoms with Gasteiger partial charge in [0.2, 0.25) is 0 Å². The van der Waals surface area contributed by atoms with Crippen molar-refractivity contribution in [3.8, 4) is 11.3 Å². The van der Waals surface area contributed by atoms with Crippen molar-refractivity contribution in [2.45, 2.75) is 13.8 Å². The third-order valence-electron chi connectivity index (χ3n) is 3.72. The Hall–Kier alpha value is -2.88. The number of amides is 1. The van der Waals surface area contributed by atoms with Crippen LogP contribution in [0.5, 0.6) is 0 Å². The number of aryl methyl sites for hydroxylation is 2. The number of carbonyl (C=O) groups is 1. The number of anilines is 1. The lowest BCUT2D eigenvalue weighted by molar-refractivity contribution is 0.0997. The maximum atomic E-state index is 12.9. The van der Waals surface area contributed by atoms with Gasteiger partial charge in [-0.3, -0.25) is 4.79 Å². The lowest BCUT2D eigenvalue weighted by Crippen LogP contribution is -2.10. The van der Waals surface area contributed by atoms with Gasteiger partial charge in [-0.25, -0.2) is 4.39 Å². The van der Waals surface area contributed by atoms with Crippen molar-refractivity contribution < 1.29 is 13.6 Å². The van der Waals surface area contributed by atoms with Crippen LogP contribution in [-0.4, -0.2) is 5.91 Å². The molecule has 1 amide bonds. The molecule has 0 bridgehead atoms. The van der Waals surface area contributed by atoms with Crippen molar-refractivity contribution in [3.63, 3.8) is 0 Å². The van der Waals surface area contributed by atoms with E-state index >= 15 is 0 Å². The number of halogens is 1. The Bertz CT molecular complexity index is 850. The van der Waals surface area contributed by atoms with E-state index in [9.17, 15) is 9.18 Å². The van der Waals surface area contributed by atoms with Crippen LogP contribution in [0, 0.1) is 19.7 Å². The molecule has 1 N–H and O–H groups in total. The van der Waals surface area contributed by atoms with E-state index in [0.29, 0.717) is 5.76 Å². The molecule has 23 heavy (non-hydrogen) atoms. The van der Waals surface area contributed by atoms with E-state index < -0.39 is 0 Å². The van der Waals surface area contributed by atoms with Crippen LogP contribution in [0.2, 0.25) is 0 Å². The van der Waals surface area contributed by atoms with Crippen molar-refractivity contribution in [2.24, 2.45) is 0 Å². The van der Waals surface area contributed by atoms with Crippen molar-refractivity contribution in [1.82, 2.24) is 0 Å². The standard InChI is InChI=1S/C19H16FNO2/c1-12-3-8-16(11-13(12)2)21-19(22)18-10-9-17(23-18)14-4-6-15(20)7-5-14/h3-11H,1-2H3,(H,21,22). The lowest BCUT2D eigenvalue weighted by Gasteiger charge is -2.06. The second-order valence-electron chi connectivity index (χ2n) is 5.42. The number of hydrogen-bond acceptors (Lipinski definition) is 2. The molecule has 3 nitrogen and oxygen atoms in total. The van der Waals surface area contributed by atoms with E-state index in [-0.39, 0.29) is 17.5 Å². The van der Waals surface area contributed by atoms with Crippen molar-refractivity contribution >= 4 is 11.6 Å². The molecule has 0 aliphatic heterocycles. The van der Waals surface area contributed by atoms with Crippen molar-refractivity contribution in [2.75, 3.05) is 5.32 Å². The second-order valence-corrected chi connectivity index (χ2v) is 5.42. The summed E-state index contributed by atoms with van der Waals surface area (Å²) in [5, 5.41) is 2.81. The summed E-state index contributed by atoms with van der Waals surface area (Å²) >= 11 is 0. The van der Waals surface area contributed by atoms with Gasteiger partial charge in [-0.1, -0.05) is 6.07 Å². The van der Waals surface area contributed by atoms with Crippen molar-refractivity contribution in [3.05, 3.63) is 77.3 Å². The van der Waals surface area contributed by atoms with E-state index in [0.717, 1.165) is 16.8 Å². The van der Waals surface area contributed by atoms with Gasteiger partial charge in [-0.05, 0) is 73.5 Å². The van der Waals surface area contributed by atoms with Crippen LogP contribution >= 0.6 is 0 Å². The van der Waals surface area contributed by atoms with Gasteiger partial charge in [-0.2, -0.15) is 0 Å². The zero-order chi connectivity index (χ0) is 16.4. The fourth-order valence-electron chi connectivity index (χ4n) is 2.24. The predicted molar refractivity (Wildman–Crippen MR) is 88.0 cm³/mol. The molecule has 2 aromatic carbocycles. The van der Waals surface area contributed by atoms with Crippen molar-refractivity contribution in [1.29, 1.82) is 0 Å². The monoisotopic (exact) mass is 309 g/mol. The topological polar surface area (TPSA) is 42.2 Å². The molecule has 1 aromatic heterocycles. The average molecular weight is 309 g/mol. The molecule has 0 saturated carbocycles. The number of hydrogen-bond donors (Lipinski definition) is 1. The SMILES string of the molecule is Cc1ccc(NC(=O)c2ccc(-c3ccc(F)cc3)o2)cc1C. The van der Waals surface area contributed by atoms with Gasteiger partial charge < -0.3 is 9.73 Å². The summed E-state index contributed by atoms with van der Waals surface area (Å²) in [6.07, 6.45) is 0. The van der Waals surface area contributed by atoms with Gasteiger partial charge in [0, 0.05) is 11.3 Å². The van der Waals surface area contributed by atoms with Crippen LogP contribution in [0.15, 0.2) is 59.0 Å². The van der Waals surface area contributed by atoms with E-state index in [2.05, 4.69) is 5.32 Å². The summed E-state index contributed by atoms with van der Waals surface area (Å²) in [5.74, 6) is 0.104. The molecule has 116 valence electrons. The van der Waals surface area contributed by atoms with Crippen LogP contribution in [0.1, 0.15) is 21.7 Å². The lowest BCUT2D eigenvalue weighted by atomic mass is 10.1. The van der Waals surface area contributed by atoms with Crippen LogP contribution in [0.25, 0.3) is 11.3 Å². The first kappa shape index (κ1) is 15.0. The molecular formula is C19H16FNO2. The molecule has 3 rings (SSSR count). The molecule has 0 atom stereocenters. The van der Waals surface area contributed by atoms with Gasteiger partial charge in [0.25, 0.3) is 5.91 Å². The minimum absolute atomic E-state index is 0.211. The molecule has 0 aliphatic rings. The molecule has 0 fully saturated rings. The first-order valence-electron chi connectivity index (χ1n) is 7.27. The summed E-state index contributed by atoms with van der Waals surface area (Å²) in [5.41, 5.74) is 3.71. The second kappa shape index (κ2) is 6.08. The van der Waals surface area contributed by atoms with E-state index in [1.807, 2.05) is 32.0 Å². The Morgan fingerprint density at radius 2 is 1.70 bits per heavy atom. The molecule has 0 unspecified atom stereocenters. The van der Waals surface area contributed by atoms with E-state index in [1.54, 1.807) is 24.3 Å². The Morgan fingerprint density at radius 1 is 0.957 bits per heavy atom. The molecule has 0 spiro atoms. The number of benzene rings is 2. The predicted octanol–water partition coefficient (Wildman–Crippen LogP) is 4.95. The van der Waals surface area contributed by atoms with Crippen LogP contribution < -0.4 is 5.32 Å². The van der Waals surface area contributed by atoms with Gasteiger partial charge in [0.15, 0.2) is 5.76 Å². The van der Waals surface area contributed by atoms with Gasteiger partial charge >= 0.3 is 0 Å². The fourth-order valence-corrected chi connectivity index (χ4v) is 2.24. The Labute approximate surface area is 133 Å². The minimum Gasteiger partial charge on any atom is -0.451 e. The molecule has 1 heterocycles. The molecular weight excluding hydrogens is 293 g/mol. The molecule has 4 heteroatoms. The number of carbonyl (C=O) groups excluding carboxylic acids is 1. The average Bonchev–Trinajstić information content (AvgIpc) is 3.02. The smallest absolute Gasteiger partial charge is 0.291 e. The maximum absolute atomic E-state index is 12.9. The molecule has 0 radical (unpaired) electrons. The summed E-state index contributed by atoms with van der Waals surface area (Å²) in [4.78, 5) is 12.2. The van der Waals surface area contributed by atoms with Crippen LogP contribution in [0.3, 0.4) is 0 Å². The highest BCUT2D eigenvalue weighted by Gasteiger charge is 2.13. The third-order valence-corrected chi connectivity index (χ3v) is 3.72. The summed E-state index contributed by atoms with van der Waals surface area (Å²) in [6.45, 7) is 4.01. The summed E-state index contributed by atoms with van der Waals surface area (Å²) < 4.78 is 18.5. The highest BCUT2D eigenvalue weighted by molar-refractivity contribution is 6.02. The van der Waals surface area contributed by atoms with E-state index in [4.69, 9.17) is 4.42 Å². The molecule has 0 saturated heterocycles. The largest absolute Gasteiger partial charge is 0.451 e. The first-order chi connectivity index (χ1) is 11.0.